The molecule has 0 atom stereocenters. The van der Waals surface area contributed by atoms with Crippen molar-refractivity contribution < 1.29 is 0 Å². The van der Waals surface area contributed by atoms with Gasteiger partial charge in [-0.3, -0.25) is 0 Å². The zero-order valence-corrected chi connectivity index (χ0v) is 13.2. The lowest BCUT2D eigenvalue weighted by Gasteiger charge is -2.15. The van der Waals surface area contributed by atoms with Crippen LogP contribution in [0.25, 0.3) is 21.9 Å². The molecule has 1 aliphatic rings. The Morgan fingerprint density at radius 3 is 1.75 bits per heavy atom. The summed E-state index contributed by atoms with van der Waals surface area (Å²) in [6.45, 7) is 0.241. The van der Waals surface area contributed by atoms with E-state index in [4.69, 9.17) is 7.85 Å². The van der Waals surface area contributed by atoms with Crippen LogP contribution in [0.15, 0.2) is 84.9 Å². The van der Waals surface area contributed by atoms with Gasteiger partial charge in [-0.05, 0) is 21.9 Å². The van der Waals surface area contributed by atoms with Crippen LogP contribution in [0, 0.1) is 0 Å². The molecule has 0 nitrogen and oxygen atoms in total. The Balaban J connectivity index is 1.88. The molecule has 0 spiro atoms. The van der Waals surface area contributed by atoms with Gasteiger partial charge in [0.05, 0.1) is 0 Å². The maximum atomic E-state index is 6.36. The first-order chi connectivity index (χ1) is 11.8. The van der Waals surface area contributed by atoms with Gasteiger partial charge >= 0.3 is 0 Å². The normalized spacial score (nSPS) is 12.2. The minimum Gasteiger partial charge on any atom is -0.0895 e. The summed E-state index contributed by atoms with van der Waals surface area (Å²) >= 11 is 0. The molecule has 2 radical (unpaired) electrons. The standard InChI is InChI=1S/C22H14B2/c23-18-11-5-7-15-8-6-14-21(22(15)18)24-19-12-3-1-9-16(19)17-10-2-4-13-20(17)24/h1-14H. The van der Waals surface area contributed by atoms with Crippen molar-refractivity contribution in [3.63, 3.8) is 0 Å². The summed E-state index contributed by atoms with van der Waals surface area (Å²) in [5.74, 6) is 0. The second kappa shape index (κ2) is 5.14. The number of rotatable bonds is 1. The number of benzene rings is 4. The summed E-state index contributed by atoms with van der Waals surface area (Å²) in [6, 6.07) is 30.1. The summed E-state index contributed by atoms with van der Waals surface area (Å²) in [5, 5.41) is 2.38. The van der Waals surface area contributed by atoms with E-state index in [2.05, 4.69) is 72.8 Å². The van der Waals surface area contributed by atoms with E-state index >= 15 is 0 Å². The molecular formula is C22H14B2. The van der Waals surface area contributed by atoms with E-state index in [0.29, 0.717) is 0 Å². The average molecular weight is 300 g/mol. The van der Waals surface area contributed by atoms with Gasteiger partial charge in [0.2, 0.25) is 6.71 Å². The SMILES string of the molecule is [B]c1cccc2cccc(B3c4ccccc4-c4ccccc43)c12. The molecule has 5 rings (SSSR count). The van der Waals surface area contributed by atoms with E-state index in [9.17, 15) is 0 Å². The highest BCUT2D eigenvalue weighted by Gasteiger charge is 2.33. The van der Waals surface area contributed by atoms with Gasteiger partial charge in [0.25, 0.3) is 0 Å². The molecule has 0 N–H and O–H groups in total. The summed E-state index contributed by atoms with van der Waals surface area (Å²) in [4.78, 5) is 0. The van der Waals surface area contributed by atoms with Crippen molar-refractivity contribution in [3.05, 3.63) is 84.9 Å². The maximum Gasteiger partial charge on any atom is 0.243 e. The van der Waals surface area contributed by atoms with Crippen molar-refractivity contribution in [1.82, 2.24) is 0 Å². The van der Waals surface area contributed by atoms with Crippen LogP contribution in [0.3, 0.4) is 0 Å². The van der Waals surface area contributed by atoms with E-state index in [1.54, 1.807) is 0 Å². The van der Waals surface area contributed by atoms with Gasteiger partial charge in [-0.1, -0.05) is 107 Å². The Hall–Kier alpha value is -2.73. The highest BCUT2D eigenvalue weighted by Crippen LogP contribution is 2.23. The average Bonchev–Trinajstić information content (AvgIpc) is 2.96. The number of hydrogen-bond donors (Lipinski definition) is 0. The molecule has 0 saturated heterocycles. The fourth-order valence-corrected chi connectivity index (χ4v) is 4.13. The van der Waals surface area contributed by atoms with Gasteiger partial charge in [0, 0.05) is 0 Å². The molecule has 0 unspecified atom stereocenters. The highest BCUT2D eigenvalue weighted by molar-refractivity contribution is 7.00. The molecule has 0 bridgehead atoms. The van der Waals surface area contributed by atoms with Crippen molar-refractivity contribution in [2.45, 2.75) is 0 Å². The summed E-state index contributed by atoms with van der Waals surface area (Å²) < 4.78 is 0. The maximum absolute atomic E-state index is 6.36. The van der Waals surface area contributed by atoms with E-state index < -0.39 is 0 Å². The van der Waals surface area contributed by atoms with E-state index in [1.165, 1.54) is 38.3 Å². The quantitative estimate of drug-likeness (QED) is 0.416. The third-order valence-corrected chi connectivity index (χ3v) is 5.11. The molecule has 0 saturated carbocycles. The molecule has 0 aliphatic carbocycles. The van der Waals surface area contributed by atoms with Gasteiger partial charge in [-0.15, -0.1) is 0 Å². The molecule has 2 heteroatoms. The molecule has 1 aliphatic heterocycles. The third-order valence-electron chi connectivity index (χ3n) is 5.11. The highest BCUT2D eigenvalue weighted by atomic mass is 14.2. The van der Waals surface area contributed by atoms with Crippen molar-refractivity contribution >= 4 is 47.2 Å². The first kappa shape index (κ1) is 13.7. The first-order valence-electron chi connectivity index (χ1n) is 8.30. The lowest BCUT2D eigenvalue weighted by Crippen LogP contribution is -2.50. The molecule has 4 aromatic carbocycles. The summed E-state index contributed by atoms with van der Waals surface area (Å²) in [5.41, 5.74) is 7.56. The minimum atomic E-state index is 0.241. The zero-order chi connectivity index (χ0) is 16.1. The fourth-order valence-electron chi connectivity index (χ4n) is 4.13. The van der Waals surface area contributed by atoms with Crippen molar-refractivity contribution in [3.8, 4) is 11.1 Å². The molecule has 24 heavy (non-hydrogen) atoms. The van der Waals surface area contributed by atoms with Crippen LogP contribution in [0.2, 0.25) is 0 Å². The van der Waals surface area contributed by atoms with Gasteiger partial charge in [-0.25, -0.2) is 0 Å². The number of fused-ring (bicyclic) bond motifs is 4. The lowest BCUT2D eigenvalue weighted by atomic mass is 9.38. The predicted molar refractivity (Wildman–Crippen MR) is 106 cm³/mol. The second-order valence-electron chi connectivity index (χ2n) is 6.40. The monoisotopic (exact) mass is 300 g/mol. The smallest absolute Gasteiger partial charge is 0.0895 e. The first-order valence-corrected chi connectivity index (χ1v) is 8.30. The zero-order valence-electron chi connectivity index (χ0n) is 13.2. The Kier molecular flexibility index (Phi) is 2.93. The van der Waals surface area contributed by atoms with Crippen LogP contribution >= 0.6 is 0 Å². The van der Waals surface area contributed by atoms with Crippen molar-refractivity contribution in [1.29, 1.82) is 0 Å². The van der Waals surface area contributed by atoms with Gasteiger partial charge in [-0.2, -0.15) is 0 Å². The lowest BCUT2D eigenvalue weighted by molar-refractivity contribution is 1.71. The van der Waals surface area contributed by atoms with E-state index in [0.717, 1.165) is 5.46 Å². The summed E-state index contributed by atoms with van der Waals surface area (Å²) in [6.07, 6.45) is 0. The molecule has 4 aromatic rings. The van der Waals surface area contributed by atoms with Crippen molar-refractivity contribution in [2.24, 2.45) is 0 Å². The Labute approximate surface area is 143 Å². The third kappa shape index (κ3) is 1.83. The fraction of sp³-hybridized carbons (Fsp3) is 0. The largest absolute Gasteiger partial charge is 0.243 e. The van der Waals surface area contributed by atoms with Crippen LogP contribution in [0.5, 0.6) is 0 Å². The molecule has 0 aromatic heterocycles. The molecule has 108 valence electrons. The van der Waals surface area contributed by atoms with Crippen LogP contribution in [0.4, 0.5) is 0 Å². The molecular weight excluding hydrogens is 286 g/mol. The van der Waals surface area contributed by atoms with Gasteiger partial charge in [0.1, 0.15) is 7.85 Å². The van der Waals surface area contributed by atoms with E-state index in [-0.39, 0.29) is 6.71 Å². The second-order valence-corrected chi connectivity index (χ2v) is 6.40. The van der Waals surface area contributed by atoms with Crippen LogP contribution in [0.1, 0.15) is 0 Å². The summed E-state index contributed by atoms with van der Waals surface area (Å²) in [7, 11) is 6.36. The number of hydrogen-bond acceptors (Lipinski definition) is 0. The predicted octanol–water partition coefficient (Wildman–Crippen LogP) is 2.13. The van der Waals surface area contributed by atoms with E-state index in [1.807, 2.05) is 12.1 Å². The Bertz CT molecular complexity index is 1030. The Morgan fingerprint density at radius 2 is 1.08 bits per heavy atom. The molecule has 0 amide bonds. The van der Waals surface area contributed by atoms with Crippen LogP contribution in [-0.4, -0.2) is 14.6 Å². The van der Waals surface area contributed by atoms with Crippen molar-refractivity contribution in [2.75, 3.05) is 0 Å². The van der Waals surface area contributed by atoms with Gasteiger partial charge < -0.3 is 0 Å². The minimum absolute atomic E-state index is 0.241. The topological polar surface area (TPSA) is 0 Å². The van der Waals surface area contributed by atoms with Crippen LogP contribution < -0.4 is 21.9 Å². The van der Waals surface area contributed by atoms with Gasteiger partial charge in [0.15, 0.2) is 0 Å². The molecule has 0 fully saturated rings. The molecule has 1 heterocycles. The Morgan fingerprint density at radius 1 is 0.542 bits per heavy atom. The van der Waals surface area contributed by atoms with Crippen LogP contribution in [-0.2, 0) is 0 Å².